The average Bonchev–Trinajstić information content (AvgIpc) is 2.96. The van der Waals surface area contributed by atoms with Crippen molar-refractivity contribution in [3.63, 3.8) is 0 Å². The van der Waals surface area contributed by atoms with Crippen LogP contribution < -0.4 is 10.6 Å². The van der Waals surface area contributed by atoms with E-state index in [-0.39, 0.29) is 28.3 Å². The smallest absolute Gasteiger partial charge is 0.269 e. The van der Waals surface area contributed by atoms with Gasteiger partial charge in [-0.1, -0.05) is 30.3 Å². The molecule has 0 aliphatic rings. The zero-order valence-electron chi connectivity index (χ0n) is 20.6. The standard InChI is InChI=1S/C29H20N4O7/c34-27(22-4-2-6-24(18-22)31-29(36)21-10-14-26(15-11-21)33(39)40)16-7-19-3-1-5-23(17-19)30-28(35)20-8-12-25(13-9-20)32(37)38/h1-18H,(H,30,35)(H,31,36)/b16-7+. The zero-order valence-corrected chi connectivity index (χ0v) is 20.6. The number of ketones is 1. The van der Waals surface area contributed by atoms with Crippen molar-refractivity contribution in [2.75, 3.05) is 10.6 Å². The van der Waals surface area contributed by atoms with Crippen LogP contribution in [0.5, 0.6) is 0 Å². The van der Waals surface area contributed by atoms with Crippen LogP contribution in [0.4, 0.5) is 22.7 Å². The second-order valence-electron chi connectivity index (χ2n) is 8.42. The zero-order chi connectivity index (χ0) is 28.6. The van der Waals surface area contributed by atoms with Gasteiger partial charge in [-0.05, 0) is 60.2 Å². The van der Waals surface area contributed by atoms with E-state index >= 15 is 0 Å². The van der Waals surface area contributed by atoms with Crippen LogP contribution in [-0.2, 0) is 0 Å². The molecule has 0 spiro atoms. The molecule has 0 heterocycles. The number of anilines is 2. The summed E-state index contributed by atoms with van der Waals surface area (Å²) >= 11 is 0. The largest absolute Gasteiger partial charge is 0.322 e. The second kappa shape index (κ2) is 12.0. The summed E-state index contributed by atoms with van der Waals surface area (Å²) in [6, 6.07) is 23.5. The van der Waals surface area contributed by atoms with Crippen molar-refractivity contribution in [1.82, 2.24) is 0 Å². The molecule has 0 saturated carbocycles. The maximum absolute atomic E-state index is 12.8. The van der Waals surface area contributed by atoms with Gasteiger partial charge >= 0.3 is 0 Å². The minimum Gasteiger partial charge on any atom is -0.322 e. The van der Waals surface area contributed by atoms with Gasteiger partial charge in [0.1, 0.15) is 0 Å². The van der Waals surface area contributed by atoms with Crippen molar-refractivity contribution in [2.45, 2.75) is 0 Å². The third-order valence-corrected chi connectivity index (χ3v) is 5.66. The molecular weight excluding hydrogens is 516 g/mol. The van der Waals surface area contributed by atoms with Crippen LogP contribution in [0.2, 0.25) is 0 Å². The van der Waals surface area contributed by atoms with Crippen molar-refractivity contribution in [2.24, 2.45) is 0 Å². The van der Waals surface area contributed by atoms with E-state index in [1.807, 2.05) is 0 Å². The van der Waals surface area contributed by atoms with E-state index in [2.05, 4.69) is 10.6 Å². The Balaban J connectivity index is 1.39. The number of carbonyl (C=O) groups is 3. The quantitative estimate of drug-likeness (QED) is 0.116. The highest BCUT2D eigenvalue weighted by Gasteiger charge is 2.12. The van der Waals surface area contributed by atoms with Crippen molar-refractivity contribution in [3.8, 4) is 0 Å². The summed E-state index contributed by atoms with van der Waals surface area (Å²) in [6.07, 6.45) is 2.93. The highest BCUT2D eigenvalue weighted by Crippen LogP contribution is 2.18. The number of benzene rings is 4. The summed E-state index contributed by atoms with van der Waals surface area (Å²) in [5, 5.41) is 27.0. The lowest BCUT2D eigenvalue weighted by atomic mass is 10.1. The molecule has 40 heavy (non-hydrogen) atoms. The molecule has 0 aliphatic heterocycles. The number of allylic oxidation sites excluding steroid dienone is 1. The number of nitro groups is 2. The number of carbonyl (C=O) groups excluding carboxylic acids is 3. The molecule has 11 nitrogen and oxygen atoms in total. The predicted molar refractivity (Wildman–Crippen MR) is 148 cm³/mol. The van der Waals surface area contributed by atoms with Gasteiger partial charge in [-0.25, -0.2) is 0 Å². The lowest BCUT2D eigenvalue weighted by molar-refractivity contribution is -0.385. The van der Waals surface area contributed by atoms with Crippen LogP contribution in [0.3, 0.4) is 0 Å². The summed E-state index contributed by atoms with van der Waals surface area (Å²) < 4.78 is 0. The molecule has 0 unspecified atom stereocenters. The van der Waals surface area contributed by atoms with Gasteiger partial charge in [0.25, 0.3) is 23.2 Å². The van der Waals surface area contributed by atoms with Gasteiger partial charge in [0, 0.05) is 52.3 Å². The Labute approximate surface area is 227 Å². The summed E-state index contributed by atoms with van der Waals surface area (Å²) in [5.74, 6) is -1.26. The Hall–Kier alpha value is -5.97. The number of non-ortho nitro benzene ring substituents is 2. The first-order valence-electron chi connectivity index (χ1n) is 11.7. The number of hydrogen-bond donors (Lipinski definition) is 2. The third-order valence-electron chi connectivity index (χ3n) is 5.66. The molecule has 2 amide bonds. The van der Waals surface area contributed by atoms with Crippen LogP contribution in [0.25, 0.3) is 6.08 Å². The molecule has 0 radical (unpaired) electrons. The molecule has 0 atom stereocenters. The molecule has 0 aromatic heterocycles. The molecule has 198 valence electrons. The van der Waals surface area contributed by atoms with Gasteiger partial charge in [-0.3, -0.25) is 34.6 Å². The Morgan fingerprint density at radius 1 is 0.600 bits per heavy atom. The number of nitrogens with zero attached hydrogens (tertiary/aromatic N) is 2. The van der Waals surface area contributed by atoms with E-state index < -0.39 is 21.7 Å². The Kier molecular flexibility index (Phi) is 8.16. The molecule has 0 aliphatic carbocycles. The fraction of sp³-hybridized carbons (Fsp3) is 0. The predicted octanol–water partition coefficient (Wildman–Crippen LogP) is 5.90. The lowest BCUT2D eigenvalue weighted by Crippen LogP contribution is -2.12. The van der Waals surface area contributed by atoms with Gasteiger partial charge in [0.2, 0.25) is 0 Å². The molecule has 0 fully saturated rings. The highest BCUT2D eigenvalue weighted by atomic mass is 16.6. The molecule has 4 aromatic carbocycles. The van der Waals surface area contributed by atoms with Gasteiger partial charge in [-0.2, -0.15) is 0 Å². The van der Waals surface area contributed by atoms with Crippen LogP contribution in [0.15, 0.2) is 103 Å². The van der Waals surface area contributed by atoms with Gasteiger partial charge < -0.3 is 10.6 Å². The molecular formula is C29H20N4O7. The van der Waals surface area contributed by atoms with Crippen molar-refractivity contribution in [3.05, 3.63) is 146 Å². The number of hydrogen-bond acceptors (Lipinski definition) is 7. The SMILES string of the molecule is O=C(/C=C/c1cccc(NC(=O)c2ccc([N+](=O)[O-])cc2)c1)c1cccc(NC(=O)c2ccc([N+](=O)[O-])cc2)c1. The van der Waals surface area contributed by atoms with E-state index in [4.69, 9.17) is 0 Å². The fourth-order valence-corrected chi connectivity index (χ4v) is 3.61. The van der Waals surface area contributed by atoms with E-state index in [9.17, 15) is 34.6 Å². The first kappa shape index (κ1) is 27.1. The maximum atomic E-state index is 12.8. The normalized spacial score (nSPS) is 10.6. The van der Waals surface area contributed by atoms with Crippen molar-refractivity contribution < 1.29 is 24.2 Å². The molecule has 4 rings (SSSR count). The van der Waals surface area contributed by atoms with E-state index in [1.165, 1.54) is 60.7 Å². The Morgan fingerprint density at radius 3 is 1.57 bits per heavy atom. The molecule has 4 aromatic rings. The summed E-state index contributed by atoms with van der Waals surface area (Å²) in [4.78, 5) is 58.2. The van der Waals surface area contributed by atoms with E-state index in [0.717, 1.165) is 0 Å². The monoisotopic (exact) mass is 536 g/mol. The van der Waals surface area contributed by atoms with Gasteiger partial charge in [0.05, 0.1) is 9.85 Å². The van der Waals surface area contributed by atoms with Gasteiger partial charge in [0.15, 0.2) is 5.78 Å². The Bertz CT molecular complexity index is 1650. The summed E-state index contributed by atoms with van der Waals surface area (Å²) in [5.41, 5.74) is 2.02. The minimum atomic E-state index is -0.557. The molecule has 11 heteroatoms. The lowest BCUT2D eigenvalue weighted by Gasteiger charge is -2.07. The minimum absolute atomic E-state index is 0.120. The summed E-state index contributed by atoms with van der Waals surface area (Å²) in [6.45, 7) is 0. The Morgan fingerprint density at radius 2 is 1.07 bits per heavy atom. The van der Waals surface area contributed by atoms with E-state index in [0.29, 0.717) is 22.5 Å². The third kappa shape index (κ3) is 6.86. The van der Waals surface area contributed by atoms with Crippen LogP contribution in [-0.4, -0.2) is 27.4 Å². The highest BCUT2D eigenvalue weighted by molar-refractivity contribution is 6.09. The molecule has 0 saturated heterocycles. The number of nitro benzene ring substituents is 2. The van der Waals surface area contributed by atoms with Crippen LogP contribution >= 0.6 is 0 Å². The van der Waals surface area contributed by atoms with Crippen molar-refractivity contribution in [1.29, 1.82) is 0 Å². The molecule has 2 N–H and O–H groups in total. The summed E-state index contributed by atoms with van der Waals surface area (Å²) in [7, 11) is 0. The van der Waals surface area contributed by atoms with E-state index in [1.54, 1.807) is 48.5 Å². The first-order chi connectivity index (χ1) is 19.2. The van der Waals surface area contributed by atoms with Gasteiger partial charge in [-0.15, -0.1) is 0 Å². The average molecular weight is 537 g/mol. The van der Waals surface area contributed by atoms with Crippen molar-refractivity contribution >= 4 is 46.4 Å². The van der Waals surface area contributed by atoms with Crippen LogP contribution in [0.1, 0.15) is 36.6 Å². The number of amides is 2. The second-order valence-corrected chi connectivity index (χ2v) is 8.42. The number of rotatable bonds is 9. The topological polar surface area (TPSA) is 162 Å². The maximum Gasteiger partial charge on any atom is 0.269 e. The molecule has 0 bridgehead atoms. The fourth-order valence-electron chi connectivity index (χ4n) is 3.61. The number of nitrogens with one attached hydrogen (secondary N) is 2. The van der Waals surface area contributed by atoms with Crippen LogP contribution in [0, 0.1) is 20.2 Å². The first-order valence-corrected chi connectivity index (χ1v) is 11.7.